The summed E-state index contributed by atoms with van der Waals surface area (Å²) in [4.78, 5) is 37.8. The zero-order valence-corrected chi connectivity index (χ0v) is 31.1. The Labute approximate surface area is 303 Å². The predicted molar refractivity (Wildman–Crippen MR) is 205 cm³/mol. The lowest BCUT2D eigenvalue weighted by Gasteiger charge is -2.21. The summed E-state index contributed by atoms with van der Waals surface area (Å²) < 4.78 is 11.7. The Bertz CT molecular complexity index is 1980. The van der Waals surface area contributed by atoms with Crippen LogP contribution in [0.1, 0.15) is 78.2 Å². The third kappa shape index (κ3) is 10.6. The highest BCUT2D eigenvalue weighted by Crippen LogP contribution is 2.29. The van der Waals surface area contributed by atoms with Gasteiger partial charge in [0.1, 0.15) is 11.2 Å². The molecule has 0 saturated heterocycles. The number of nitrogen functional groups attached to an aromatic ring is 1. The van der Waals surface area contributed by atoms with E-state index >= 15 is 0 Å². The zero-order valence-electron chi connectivity index (χ0n) is 29.5. The third-order valence-corrected chi connectivity index (χ3v) is 7.71. The third-order valence-electron chi connectivity index (χ3n) is 7.22. The van der Waals surface area contributed by atoms with Crippen LogP contribution >= 0.6 is 15.9 Å². The monoisotopic (exact) mass is 734 g/mol. The van der Waals surface area contributed by atoms with Crippen LogP contribution < -0.4 is 11.1 Å². The minimum atomic E-state index is -0.642. The van der Waals surface area contributed by atoms with Crippen LogP contribution in [-0.2, 0) is 9.47 Å². The van der Waals surface area contributed by atoms with Gasteiger partial charge in [0.2, 0.25) is 0 Å². The molecule has 0 heterocycles. The molecule has 0 saturated carbocycles. The molecule has 258 valence electrons. The van der Waals surface area contributed by atoms with Crippen molar-refractivity contribution in [3.8, 4) is 22.3 Å². The molecular formula is C42H43BrN2O5. The second kappa shape index (κ2) is 16.0. The molecule has 5 aromatic rings. The van der Waals surface area contributed by atoms with E-state index in [1.165, 1.54) is 0 Å². The van der Waals surface area contributed by atoms with Crippen LogP contribution in [0.2, 0.25) is 0 Å². The van der Waals surface area contributed by atoms with Crippen molar-refractivity contribution in [2.75, 3.05) is 11.1 Å². The topological polar surface area (TPSA) is 108 Å². The highest BCUT2D eigenvalue weighted by molar-refractivity contribution is 9.10. The number of nitrogens with one attached hydrogen (secondary N) is 1. The molecule has 50 heavy (non-hydrogen) atoms. The first kappa shape index (κ1) is 37.6. The Morgan fingerprint density at radius 3 is 1.56 bits per heavy atom. The van der Waals surface area contributed by atoms with Crippen molar-refractivity contribution in [3.05, 3.63) is 142 Å². The molecule has 0 aliphatic heterocycles. The number of carbonyl (C=O) groups excluding carboxylic acids is 3. The van der Waals surface area contributed by atoms with Crippen LogP contribution in [0.3, 0.4) is 0 Å². The molecule has 1 amide bonds. The molecular weight excluding hydrogens is 692 g/mol. The molecule has 0 fully saturated rings. The highest BCUT2D eigenvalue weighted by Gasteiger charge is 2.23. The van der Waals surface area contributed by atoms with E-state index in [0.29, 0.717) is 28.1 Å². The van der Waals surface area contributed by atoms with Gasteiger partial charge in [-0.15, -0.1) is 0 Å². The average Bonchev–Trinajstić information content (AvgIpc) is 3.05. The van der Waals surface area contributed by atoms with Crippen molar-refractivity contribution >= 4 is 45.2 Å². The molecule has 0 radical (unpaired) electrons. The van der Waals surface area contributed by atoms with E-state index in [-0.39, 0.29) is 5.91 Å². The number of rotatable bonds is 6. The first-order chi connectivity index (χ1) is 23.5. The summed E-state index contributed by atoms with van der Waals surface area (Å²) in [5, 5.41) is 2.91. The number of benzene rings is 5. The molecule has 0 bridgehead atoms. The number of nitrogens with two attached hydrogens (primary N) is 1. The second-order valence-corrected chi connectivity index (χ2v) is 14.6. The fourth-order valence-corrected chi connectivity index (χ4v) is 5.25. The van der Waals surface area contributed by atoms with E-state index in [9.17, 15) is 14.4 Å². The molecule has 0 aromatic heterocycles. The number of hydrogen-bond acceptors (Lipinski definition) is 6. The van der Waals surface area contributed by atoms with Crippen molar-refractivity contribution < 1.29 is 23.9 Å². The predicted octanol–water partition coefficient (Wildman–Crippen LogP) is 10.5. The average molecular weight is 736 g/mol. The van der Waals surface area contributed by atoms with Gasteiger partial charge in [0.25, 0.3) is 5.91 Å². The van der Waals surface area contributed by atoms with E-state index in [2.05, 4.69) is 21.2 Å². The number of aryl methyl sites for hydroxylation is 1. The Hall–Kier alpha value is -5.21. The maximum absolute atomic E-state index is 13.0. The van der Waals surface area contributed by atoms with Gasteiger partial charge in [-0.25, -0.2) is 9.59 Å². The molecule has 5 aromatic carbocycles. The number of esters is 2. The largest absolute Gasteiger partial charge is 0.456 e. The number of ether oxygens (including phenoxy) is 2. The molecule has 0 aliphatic carbocycles. The Kier molecular flexibility index (Phi) is 12.0. The summed E-state index contributed by atoms with van der Waals surface area (Å²) in [6.07, 6.45) is 0. The number of carbonyl (C=O) groups is 3. The van der Waals surface area contributed by atoms with E-state index in [1.807, 2.05) is 133 Å². The minimum Gasteiger partial charge on any atom is -0.456 e. The van der Waals surface area contributed by atoms with E-state index < -0.39 is 23.1 Å². The summed E-state index contributed by atoms with van der Waals surface area (Å²) in [6, 6.07) is 35.9. The van der Waals surface area contributed by atoms with Gasteiger partial charge in [-0.2, -0.15) is 0 Å². The van der Waals surface area contributed by atoms with Gasteiger partial charge in [-0.05, 0) is 113 Å². The number of anilines is 2. The van der Waals surface area contributed by atoms with Crippen molar-refractivity contribution in [1.82, 2.24) is 0 Å². The number of halogens is 1. The SMILES string of the molecule is CC(C)(C)OC(=O)c1ccc(-c2ccccc2)cc1N.Cc1ccc(Br)cc1C(=O)Nc1cc(-c2ccccc2)ccc1C(=O)OC(C)(C)C. The van der Waals surface area contributed by atoms with Crippen molar-refractivity contribution in [2.24, 2.45) is 0 Å². The maximum Gasteiger partial charge on any atom is 0.340 e. The van der Waals surface area contributed by atoms with Gasteiger partial charge < -0.3 is 20.5 Å². The zero-order chi connectivity index (χ0) is 36.6. The van der Waals surface area contributed by atoms with Crippen molar-refractivity contribution in [2.45, 2.75) is 59.7 Å². The lowest BCUT2D eigenvalue weighted by molar-refractivity contribution is 0.00581. The number of amides is 1. The molecule has 0 atom stereocenters. The summed E-state index contributed by atoms with van der Waals surface area (Å²) in [6.45, 7) is 12.8. The quantitative estimate of drug-likeness (QED) is 0.133. The van der Waals surface area contributed by atoms with Gasteiger partial charge in [-0.1, -0.05) is 94.8 Å². The molecule has 5 rings (SSSR count). The fourth-order valence-electron chi connectivity index (χ4n) is 4.89. The van der Waals surface area contributed by atoms with Gasteiger partial charge in [0.15, 0.2) is 0 Å². The van der Waals surface area contributed by atoms with E-state index in [1.54, 1.807) is 30.3 Å². The maximum atomic E-state index is 13.0. The van der Waals surface area contributed by atoms with E-state index in [4.69, 9.17) is 15.2 Å². The number of hydrogen-bond donors (Lipinski definition) is 2. The van der Waals surface area contributed by atoms with Gasteiger partial charge >= 0.3 is 11.9 Å². The van der Waals surface area contributed by atoms with Crippen molar-refractivity contribution in [1.29, 1.82) is 0 Å². The normalized spacial score (nSPS) is 11.1. The van der Waals surface area contributed by atoms with Crippen LogP contribution in [-0.4, -0.2) is 29.0 Å². The minimum absolute atomic E-state index is 0.288. The first-order valence-electron chi connectivity index (χ1n) is 16.2. The van der Waals surface area contributed by atoms with Crippen LogP contribution in [0.15, 0.2) is 120 Å². The molecule has 8 heteroatoms. The van der Waals surface area contributed by atoms with Gasteiger partial charge in [-0.3, -0.25) is 4.79 Å². The Morgan fingerprint density at radius 2 is 1.06 bits per heavy atom. The summed E-state index contributed by atoms with van der Waals surface area (Å²) in [5.41, 5.74) is 11.7. The van der Waals surface area contributed by atoms with Crippen molar-refractivity contribution in [3.63, 3.8) is 0 Å². The first-order valence-corrected chi connectivity index (χ1v) is 17.0. The van der Waals surface area contributed by atoms with Crippen LogP contribution in [0.25, 0.3) is 22.3 Å². The van der Waals surface area contributed by atoms with Gasteiger partial charge in [0.05, 0.1) is 16.8 Å². The highest BCUT2D eigenvalue weighted by atomic mass is 79.9. The molecule has 3 N–H and O–H groups in total. The van der Waals surface area contributed by atoms with Crippen LogP contribution in [0.4, 0.5) is 11.4 Å². The summed E-state index contributed by atoms with van der Waals surface area (Å²) >= 11 is 3.41. The van der Waals surface area contributed by atoms with Gasteiger partial charge in [0, 0.05) is 15.7 Å². The molecule has 7 nitrogen and oxygen atoms in total. The second-order valence-electron chi connectivity index (χ2n) is 13.7. The summed E-state index contributed by atoms with van der Waals surface area (Å²) in [5.74, 6) is -1.16. The lowest BCUT2D eigenvalue weighted by Crippen LogP contribution is -2.25. The lowest BCUT2D eigenvalue weighted by atomic mass is 10.0. The summed E-state index contributed by atoms with van der Waals surface area (Å²) in [7, 11) is 0. The Balaban J connectivity index is 0.000000244. The Morgan fingerprint density at radius 1 is 0.580 bits per heavy atom. The molecule has 0 unspecified atom stereocenters. The molecule has 0 aliphatic rings. The molecule has 0 spiro atoms. The smallest absolute Gasteiger partial charge is 0.340 e. The van der Waals surface area contributed by atoms with Crippen LogP contribution in [0.5, 0.6) is 0 Å². The fraction of sp³-hybridized carbons (Fsp3) is 0.214. The van der Waals surface area contributed by atoms with Crippen LogP contribution in [0, 0.1) is 6.92 Å². The standard InChI is InChI=1S/C25H24BrNO3.C17H19NO2/c1-16-10-12-19(26)15-21(16)23(28)27-22-14-18(17-8-6-5-7-9-17)11-13-20(22)24(29)30-25(2,3)4;1-17(2,3)20-16(19)14-10-9-13(11-15(14)18)12-7-5-4-6-8-12/h5-15H,1-4H3,(H,27,28);4-11H,18H2,1-3H3. The van der Waals surface area contributed by atoms with E-state index in [0.717, 1.165) is 32.3 Å².